The number of nitrogens with one attached hydrogen (secondary N) is 1. The highest BCUT2D eigenvalue weighted by atomic mass is 16.5. The zero-order chi connectivity index (χ0) is 19.8. The monoisotopic (exact) mass is 387 g/mol. The highest BCUT2D eigenvalue weighted by molar-refractivity contribution is 5.91. The third-order valence-corrected chi connectivity index (χ3v) is 6.17. The summed E-state index contributed by atoms with van der Waals surface area (Å²) in [6.45, 7) is 3.37. The predicted octanol–water partition coefficient (Wildman–Crippen LogP) is 4.20. The molecule has 1 saturated carbocycles. The minimum Gasteiger partial charge on any atom is -0.373 e. The number of ether oxygens (including phenoxy) is 1. The maximum absolute atomic E-state index is 11.8. The topological polar surface area (TPSA) is 56.2 Å². The van der Waals surface area contributed by atoms with Crippen LogP contribution in [0.25, 0.3) is 0 Å². The first-order chi connectivity index (χ1) is 14.1. The molecule has 148 valence electrons. The molecule has 3 aromatic rings. The van der Waals surface area contributed by atoms with Crippen molar-refractivity contribution >= 4 is 11.7 Å². The van der Waals surface area contributed by atoms with Crippen molar-refractivity contribution in [1.29, 1.82) is 0 Å². The quantitative estimate of drug-likeness (QED) is 0.714. The number of benzene rings is 2. The van der Waals surface area contributed by atoms with Gasteiger partial charge in [-0.15, -0.1) is 0 Å². The normalized spacial score (nSPS) is 23.2. The van der Waals surface area contributed by atoms with E-state index in [-0.39, 0.29) is 17.4 Å². The van der Waals surface area contributed by atoms with Crippen LogP contribution in [0.1, 0.15) is 41.6 Å². The molecule has 5 rings (SSSR count). The van der Waals surface area contributed by atoms with Gasteiger partial charge in [-0.3, -0.25) is 4.79 Å². The van der Waals surface area contributed by atoms with Gasteiger partial charge in [-0.2, -0.15) is 5.10 Å². The molecule has 2 aliphatic rings. The summed E-state index contributed by atoms with van der Waals surface area (Å²) in [5.41, 5.74) is 4.57. The first-order valence-corrected chi connectivity index (χ1v) is 10.2. The largest absolute Gasteiger partial charge is 0.373 e. The Labute approximate surface area is 170 Å². The Morgan fingerprint density at radius 1 is 1.14 bits per heavy atom. The molecule has 1 aliphatic carbocycles. The van der Waals surface area contributed by atoms with Crippen LogP contribution in [0, 0.1) is 6.92 Å². The van der Waals surface area contributed by atoms with Crippen molar-refractivity contribution in [2.75, 3.05) is 5.32 Å². The Kier molecular flexibility index (Phi) is 4.47. The van der Waals surface area contributed by atoms with Crippen molar-refractivity contribution in [3.8, 4) is 0 Å². The fraction of sp³-hybridized carbons (Fsp3) is 0.333. The van der Waals surface area contributed by atoms with Crippen molar-refractivity contribution in [1.82, 2.24) is 9.78 Å². The Morgan fingerprint density at radius 3 is 2.66 bits per heavy atom. The van der Waals surface area contributed by atoms with Crippen LogP contribution < -0.4 is 5.32 Å². The summed E-state index contributed by atoms with van der Waals surface area (Å²) < 4.78 is 8.12. The number of hydrogen-bond acceptors (Lipinski definition) is 3. The van der Waals surface area contributed by atoms with Gasteiger partial charge in [0, 0.05) is 17.9 Å². The molecule has 29 heavy (non-hydrogen) atoms. The van der Waals surface area contributed by atoms with Gasteiger partial charge in [-0.05, 0) is 30.9 Å². The second kappa shape index (κ2) is 7.16. The highest BCUT2D eigenvalue weighted by Crippen LogP contribution is 2.50. The van der Waals surface area contributed by atoms with E-state index in [1.807, 2.05) is 28.9 Å². The number of carbonyl (C=O) groups excluding carboxylic acids is 1. The summed E-state index contributed by atoms with van der Waals surface area (Å²) in [6, 6.07) is 21.1. The molecule has 2 heterocycles. The molecule has 2 aromatic carbocycles. The van der Waals surface area contributed by atoms with Crippen LogP contribution in [0.5, 0.6) is 0 Å². The molecule has 1 N–H and O–H groups in total. The minimum atomic E-state index is -0.163. The maximum Gasteiger partial charge on any atom is 0.227 e. The fourth-order valence-corrected chi connectivity index (χ4v) is 4.42. The van der Waals surface area contributed by atoms with Crippen molar-refractivity contribution < 1.29 is 9.53 Å². The van der Waals surface area contributed by atoms with Gasteiger partial charge < -0.3 is 10.1 Å². The van der Waals surface area contributed by atoms with E-state index >= 15 is 0 Å². The number of amides is 1. The molecular weight excluding hydrogens is 362 g/mol. The molecule has 1 aromatic heterocycles. The van der Waals surface area contributed by atoms with E-state index in [0.717, 1.165) is 24.4 Å². The number of aromatic nitrogens is 2. The van der Waals surface area contributed by atoms with Gasteiger partial charge in [0.25, 0.3) is 0 Å². The summed E-state index contributed by atoms with van der Waals surface area (Å²) >= 11 is 0. The van der Waals surface area contributed by atoms with Gasteiger partial charge >= 0.3 is 0 Å². The zero-order valence-corrected chi connectivity index (χ0v) is 16.6. The third kappa shape index (κ3) is 3.36. The first kappa shape index (κ1) is 18.1. The lowest BCUT2D eigenvalue weighted by Crippen LogP contribution is -2.47. The Morgan fingerprint density at radius 2 is 1.90 bits per heavy atom. The van der Waals surface area contributed by atoms with E-state index in [1.54, 1.807) is 0 Å². The molecular formula is C24H25N3O2. The van der Waals surface area contributed by atoms with E-state index in [9.17, 15) is 4.79 Å². The molecule has 1 amide bonds. The van der Waals surface area contributed by atoms with Crippen molar-refractivity contribution in [2.24, 2.45) is 0 Å². The molecule has 5 nitrogen and oxygen atoms in total. The van der Waals surface area contributed by atoms with Gasteiger partial charge in [-0.1, -0.05) is 60.2 Å². The third-order valence-electron chi connectivity index (χ3n) is 6.17. The van der Waals surface area contributed by atoms with Crippen LogP contribution in [0.3, 0.4) is 0 Å². The van der Waals surface area contributed by atoms with E-state index in [4.69, 9.17) is 9.84 Å². The number of carbonyl (C=O) groups is 1. The average Bonchev–Trinajstić information content (AvgIpc) is 3.12. The highest BCUT2D eigenvalue weighted by Gasteiger charge is 2.49. The lowest BCUT2D eigenvalue weighted by atomic mass is 9.60. The Balaban J connectivity index is 1.40. The first-order valence-electron chi connectivity index (χ1n) is 10.2. The van der Waals surface area contributed by atoms with Crippen molar-refractivity contribution in [3.63, 3.8) is 0 Å². The fourth-order valence-electron chi connectivity index (χ4n) is 4.42. The summed E-state index contributed by atoms with van der Waals surface area (Å²) in [5, 5.41) is 7.83. The van der Waals surface area contributed by atoms with E-state index in [2.05, 4.69) is 48.6 Å². The number of nitrogens with zero attached hydrogens (tertiary/aromatic N) is 2. The minimum absolute atomic E-state index is 0.0611. The maximum atomic E-state index is 11.8. The van der Waals surface area contributed by atoms with Crippen molar-refractivity contribution in [2.45, 2.75) is 50.9 Å². The predicted molar refractivity (Wildman–Crippen MR) is 112 cm³/mol. The zero-order valence-electron chi connectivity index (χ0n) is 16.6. The van der Waals surface area contributed by atoms with E-state index < -0.39 is 0 Å². The van der Waals surface area contributed by atoms with Gasteiger partial charge in [0.05, 0.1) is 24.9 Å². The average molecular weight is 387 g/mol. The van der Waals surface area contributed by atoms with Crippen LogP contribution in [0.2, 0.25) is 0 Å². The van der Waals surface area contributed by atoms with Crippen LogP contribution in [-0.2, 0) is 28.1 Å². The summed E-state index contributed by atoms with van der Waals surface area (Å²) in [6.07, 6.45) is 2.47. The lowest BCUT2D eigenvalue weighted by Gasteiger charge is -2.47. The van der Waals surface area contributed by atoms with Crippen LogP contribution >= 0.6 is 0 Å². The SMILES string of the molecule is Cc1ccc(C2(c3cc4n(n3)CCC(=O)N4)CC(OCc3ccccc3)C2)cc1. The van der Waals surface area contributed by atoms with E-state index in [1.165, 1.54) is 16.7 Å². The number of rotatable bonds is 5. The molecule has 0 atom stereocenters. The number of fused-ring (bicyclic) bond motifs is 1. The Hall–Kier alpha value is -2.92. The second-order valence-electron chi connectivity index (χ2n) is 8.21. The van der Waals surface area contributed by atoms with Crippen LogP contribution in [0.15, 0.2) is 60.7 Å². The summed E-state index contributed by atoms with van der Waals surface area (Å²) in [4.78, 5) is 11.8. The summed E-state index contributed by atoms with van der Waals surface area (Å²) in [7, 11) is 0. The van der Waals surface area contributed by atoms with Crippen LogP contribution in [-0.4, -0.2) is 21.8 Å². The van der Waals surface area contributed by atoms with E-state index in [0.29, 0.717) is 19.6 Å². The molecule has 0 saturated heterocycles. The lowest BCUT2D eigenvalue weighted by molar-refractivity contribution is -0.116. The molecule has 5 heteroatoms. The smallest absolute Gasteiger partial charge is 0.227 e. The number of aryl methyl sites for hydroxylation is 2. The molecule has 1 fully saturated rings. The molecule has 0 unspecified atom stereocenters. The van der Waals surface area contributed by atoms with Gasteiger partial charge in [0.1, 0.15) is 5.82 Å². The number of anilines is 1. The standard InChI is InChI=1S/C24H25N3O2/c1-17-7-9-19(10-8-17)24(21-13-22-25-23(28)11-12-27(22)26-21)14-20(15-24)29-16-18-5-3-2-4-6-18/h2-10,13,20H,11-12,14-16H2,1H3,(H,25,28). The van der Waals surface area contributed by atoms with Crippen LogP contribution in [0.4, 0.5) is 5.82 Å². The molecule has 0 spiro atoms. The summed E-state index contributed by atoms with van der Waals surface area (Å²) in [5.74, 6) is 0.863. The van der Waals surface area contributed by atoms with Gasteiger partial charge in [0.2, 0.25) is 5.91 Å². The van der Waals surface area contributed by atoms with Gasteiger partial charge in [0.15, 0.2) is 0 Å². The Bertz CT molecular complexity index is 1020. The molecule has 0 bridgehead atoms. The molecule has 0 radical (unpaired) electrons. The van der Waals surface area contributed by atoms with Gasteiger partial charge in [-0.25, -0.2) is 4.68 Å². The van der Waals surface area contributed by atoms with Crippen molar-refractivity contribution in [3.05, 3.63) is 83.0 Å². The molecule has 1 aliphatic heterocycles. The number of hydrogen-bond donors (Lipinski definition) is 1. The second-order valence-corrected chi connectivity index (χ2v) is 8.21.